The predicted molar refractivity (Wildman–Crippen MR) is 49.7 cm³/mol. The molecule has 74 valence electrons. The Morgan fingerprint density at radius 1 is 1.36 bits per heavy atom. The summed E-state index contributed by atoms with van der Waals surface area (Å²) in [6, 6.07) is 3.26. The zero-order valence-corrected chi connectivity index (χ0v) is 8.06. The van der Waals surface area contributed by atoms with E-state index < -0.39 is 11.9 Å². The molecule has 1 unspecified atom stereocenters. The molecule has 0 aliphatic heterocycles. The highest BCUT2D eigenvalue weighted by atomic mass is 16.5. The van der Waals surface area contributed by atoms with E-state index in [1.54, 1.807) is 12.1 Å². The molecule has 1 aromatic rings. The van der Waals surface area contributed by atoms with Gasteiger partial charge in [-0.2, -0.15) is 0 Å². The molecule has 0 bridgehead atoms. The third-order valence-electron chi connectivity index (χ3n) is 1.88. The predicted octanol–water partition coefficient (Wildman–Crippen LogP) is 0.927. The number of methoxy groups -OCH3 is 1. The lowest BCUT2D eigenvalue weighted by Crippen LogP contribution is -2.21. The molecule has 1 aromatic heterocycles. The van der Waals surface area contributed by atoms with Crippen LogP contribution in [0.2, 0.25) is 0 Å². The zero-order valence-electron chi connectivity index (χ0n) is 8.06. The van der Waals surface area contributed by atoms with E-state index in [0.717, 1.165) is 0 Å². The molecule has 0 N–H and O–H groups in total. The lowest BCUT2D eigenvalue weighted by atomic mass is 9.97. The summed E-state index contributed by atoms with van der Waals surface area (Å²) in [5.74, 6) is -1.60. The molecule has 1 rings (SSSR count). The molecule has 0 aliphatic carbocycles. The summed E-state index contributed by atoms with van der Waals surface area (Å²) in [5.41, 5.74) is 0.611. The molecule has 0 radical (unpaired) electrons. The molecule has 0 saturated heterocycles. The van der Waals surface area contributed by atoms with Crippen LogP contribution in [0.3, 0.4) is 0 Å². The monoisotopic (exact) mass is 193 g/mol. The average molecular weight is 193 g/mol. The van der Waals surface area contributed by atoms with E-state index in [0.29, 0.717) is 5.56 Å². The Balaban J connectivity index is 3.01. The number of pyridine rings is 1. The van der Waals surface area contributed by atoms with Crippen LogP contribution in [-0.4, -0.2) is 23.8 Å². The molecule has 4 nitrogen and oxygen atoms in total. The van der Waals surface area contributed by atoms with Crippen LogP contribution >= 0.6 is 0 Å². The largest absolute Gasteiger partial charge is 0.468 e. The van der Waals surface area contributed by atoms with Crippen LogP contribution in [0.15, 0.2) is 24.5 Å². The zero-order chi connectivity index (χ0) is 10.6. The molecule has 0 fully saturated rings. The molecular formula is C10H11NO3. The molecule has 1 heterocycles. The molecule has 14 heavy (non-hydrogen) atoms. The Morgan fingerprint density at radius 3 is 2.36 bits per heavy atom. The van der Waals surface area contributed by atoms with E-state index in [4.69, 9.17) is 0 Å². The molecule has 1 atom stereocenters. The number of rotatable bonds is 3. The SMILES string of the molecule is COC(=O)C(C(C)=O)c1ccncc1. The highest BCUT2D eigenvalue weighted by molar-refractivity contribution is 6.03. The summed E-state index contributed by atoms with van der Waals surface area (Å²) in [6.45, 7) is 1.36. The van der Waals surface area contributed by atoms with Gasteiger partial charge in [0.05, 0.1) is 7.11 Å². The Bertz CT molecular complexity index is 334. The van der Waals surface area contributed by atoms with Gasteiger partial charge in [-0.25, -0.2) is 0 Å². The van der Waals surface area contributed by atoms with Gasteiger partial charge in [-0.1, -0.05) is 0 Å². The Morgan fingerprint density at radius 2 is 1.93 bits per heavy atom. The van der Waals surface area contributed by atoms with E-state index in [1.165, 1.54) is 26.4 Å². The third-order valence-corrected chi connectivity index (χ3v) is 1.88. The van der Waals surface area contributed by atoms with Crippen molar-refractivity contribution < 1.29 is 14.3 Å². The average Bonchev–Trinajstić information content (AvgIpc) is 2.19. The van der Waals surface area contributed by atoms with Crippen LogP contribution in [0.4, 0.5) is 0 Å². The van der Waals surface area contributed by atoms with Crippen LogP contribution in [0.1, 0.15) is 18.4 Å². The highest BCUT2D eigenvalue weighted by Gasteiger charge is 2.25. The van der Waals surface area contributed by atoms with Gasteiger partial charge in [0.15, 0.2) is 0 Å². The van der Waals surface area contributed by atoms with Gasteiger partial charge in [-0.15, -0.1) is 0 Å². The van der Waals surface area contributed by atoms with Gasteiger partial charge in [0.25, 0.3) is 0 Å². The van der Waals surface area contributed by atoms with Gasteiger partial charge >= 0.3 is 5.97 Å². The smallest absolute Gasteiger partial charge is 0.320 e. The maximum atomic E-state index is 11.3. The number of carbonyl (C=O) groups is 2. The number of carbonyl (C=O) groups excluding carboxylic acids is 2. The fourth-order valence-corrected chi connectivity index (χ4v) is 1.21. The summed E-state index contributed by atoms with van der Waals surface area (Å²) in [6.07, 6.45) is 3.07. The first-order chi connectivity index (χ1) is 6.66. The quantitative estimate of drug-likeness (QED) is 0.529. The Hall–Kier alpha value is -1.71. The molecule has 0 saturated carbocycles. The van der Waals surface area contributed by atoms with Crippen molar-refractivity contribution in [2.75, 3.05) is 7.11 Å². The van der Waals surface area contributed by atoms with Gasteiger partial charge in [-0.05, 0) is 24.6 Å². The van der Waals surface area contributed by atoms with Crippen molar-refractivity contribution in [3.05, 3.63) is 30.1 Å². The topological polar surface area (TPSA) is 56.3 Å². The lowest BCUT2D eigenvalue weighted by molar-refractivity contribution is -0.145. The van der Waals surface area contributed by atoms with Crippen molar-refractivity contribution in [1.29, 1.82) is 0 Å². The number of aromatic nitrogens is 1. The number of nitrogens with zero attached hydrogens (tertiary/aromatic N) is 1. The van der Waals surface area contributed by atoms with Gasteiger partial charge in [0.2, 0.25) is 0 Å². The van der Waals surface area contributed by atoms with Gasteiger partial charge < -0.3 is 4.74 Å². The van der Waals surface area contributed by atoms with E-state index in [1.807, 2.05) is 0 Å². The maximum Gasteiger partial charge on any atom is 0.320 e. The van der Waals surface area contributed by atoms with Crippen LogP contribution in [-0.2, 0) is 14.3 Å². The summed E-state index contributed by atoms with van der Waals surface area (Å²) in [7, 11) is 1.26. The first-order valence-corrected chi connectivity index (χ1v) is 4.15. The number of ether oxygens (including phenoxy) is 1. The Kier molecular flexibility index (Phi) is 3.34. The van der Waals surface area contributed by atoms with Crippen molar-refractivity contribution in [2.45, 2.75) is 12.8 Å². The van der Waals surface area contributed by atoms with E-state index in [2.05, 4.69) is 9.72 Å². The number of esters is 1. The minimum absolute atomic E-state index is 0.233. The van der Waals surface area contributed by atoms with Crippen molar-refractivity contribution in [3.63, 3.8) is 0 Å². The van der Waals surface area contributed by atoms with Crippen molar-refractivity contribution in [3.8, 4) is 0 Å². The number of Topliss-reactive ketones (excluding diaryl/α,β-unsaturated/α-hetero) is 1. The molecule has 0 aliphatic rings. The van der Waals surface area contributed by atoms with Crippen molar-refractivity contribution >= 4 is 11.8 Å². The first kappa shape index (κ1) is 10.4. The van der Waals surface area contributed by atoms with Crippen molar-refractivity contribution in [1.82, 2.24) is 4.98 Å². The van der Waals surface area contributed by atoms with Gasteiger partial charge in [0.1, 0.15) is 11.7 Å². The minimum atomic E-state index is -0.831. The molecule has 0 spiro atoms. The second kappa shape index (κ2) is 4.50. The molecule has 0 aromatic carbocycles. The van der Waals surface area contributed by atoms with E-state index in [9.17, 15) is 9.59 Å². The summed E-state index contributed by atoms with van der Waals surface area (Å²) in [5, 5.41) is 0. The summed E-state index contributed by atoms with van der Waals surface area (Å²) in [4.78, 5) is 26.3. The van der Waals surface area contributed by atoms with Gasteiger partial charge in [-0.3, -0.25) is 14.6 Å². The fourth-order valence-electron chi connectivity index (χ4n) is 1.21. The summed E-state index contributed by atoms with van der Waals surface area (Å²) < 4.78 is 4.55. The second-order valence-corrected chi connectivity index (χ2v) is 2.85. The van der Waals surface area contributed by atoms with Crippen LogP contribution in [0.25, 0.3) is 0 Å². The first-order valence-electron chi connectivity index (χ1n) is 4.15. The normalized spacial score (nSPS) is 11.9. The van der Waals surface area contributed by atoms with Gasteiger partial charge in [0, 0.05) is 12.4 Å². The Labute approximate surface area is 81.9 Å². The second-order valence-electron chi connectivity index (χ2n) is 2.85. The summed E-state index contributed by atoms with van der Waals surface area (Å²) >= 11 is 0. The fraction of sp³-hybridized carbons (Fsp3) is 0.300. The molecular weight excluding hydrogens is 182 g/mol. The number of hydrogen-bond donors (Lipinski definition) is 0. The van der Waals surface area contributed by atoms with Crippen LogP contribution in [0.5, 0.6) is 0 Å². The molecule has 0 amide bonds. The van der Waals surface area contributed by atoms with Crippen LogP contribution < -0.4 is 0 Å². The maximum absolute atomic E-state index is 11.3. The molecule has 4 heteroatoms. The standard InChI is InChI=1S/C10H11NO3/c1-7(12)9(10(13)14-2)8-3-5-11-6-4-8/h3-6,9H,1-2H3. The minimum Gasteiger partial charge on any atom is -0.468 e. The highest BCUT2D eigenvalue weighted by Crippen LogP contribution is 2.17. The van der Waals surface area contributed by atoms with Crippen LogP contribution in [0, 0.1) is 0 Å². The van der Waals surface area contributed by atoms with E-state index >= 15 is 0 Å². The van der Waals surface area contributed by atoms with E-state index in [-0.39, 0.29) is 5.78 Å². The number of ketones is 1. The number of hydrogen-bond acceptors (Lipinski definition) is 4. The third kappa shape index (κ3) is 2.16. The lowest BCUT2D eigenvalue weighted by Gasteiger charge is -2.10. The van der Waals surface area contributed by atoms with Crippen molar-refractivity contribution in [2.24, 2.45) is 0 Å².